The van der Waals surface area contributed by atoms with E-state index in [1.807, 2.05) is 13.8 Å². The van der Waals surface area contributed by atoms with Crippen LogP contribution < -0.4 is 11.1 Å². The number of amidine groups is 1. The van der Waals surface area contributed by atoms with Gasteiger partial charge < -0.3 is 15.8 Å². The number of hydrogen-bond acceptors (Lipinski definition) is 6. The fourth-order valence-electron chi connectivity index (χ4n) is 3.53. The molecule has 0 spiro atoms. The number of nitrogens with one attached hydrogen (secondary N) is 1. The minimum Gasteiger partial charge on any atom is -0.379 e. The lowest BCUT2D eigenvalue weighted by atomic mass is 9.74. The lowest BCUT2D eigenvalue weighted by Crippen LogP contribution is -2.59. The number of aliphatic imine (C=N–C) groups is 1. The molecule has 1 amide bonds. The molecule has 3 heterocycles. The average Bonchev–Trinajstić information content (AvgIpc) is 2.77. The first-order valence-electron chi connectivity index (χ1n) is 9.81. The van der Waals surface area contributed by atoms with Crippen LogP contribution in [0.15, 0.2) is 41.5 Å². The van der Waals surface area contributed by atoms with E-state index in [0.29, 0.717) is 5.02 Å². The molecule has 0 aliphatic carbocycles. The maximum absolute atomic E-state index is 15.9. The zero-order valence-corrected chi connectivity index (χ0v) is 18.7. The predicted octanol–water partition coefficient (Wildman–Crippen LogP) is 4.54. The Morgan fingerprint density at radius 2 is 2.10 bits per heavy atom. The Kier molecular flexibility index (Phi) is 7.18. The number of carbonyl (C=O) groups is 1. The van der Waals surface area contributed by atoms with Crippen molar-refractivity contribution in [3.8, 4) is 0 Å². The topological polar surface area (TPSA) is 89.6 Å². The van der Waals surface area contributed by atoms with Crippen LogP contribution in [0, 0.1) is 5.82 Å². The Bertz CT molecular complexity index is 992. The highest BCUT2D eigenvalue weighted by Crippen LogP contribution is 2.50. The Hall–Kier alpha value is -2.23. The van der Waals surface area contributed by atoms with Gasteiger partial charge in [0.05, 0.1) is 11.6 Å². The average molecular weight is 469 g/mol. The second kappa shape index (κ2) is 9.50. The van der Waals surface area contributed by atoms with Crippen molar-refractivity contribution in [2.75, 3.05) is 24.3 Å². The molecule has 6 nitrogen and oxygen atoms in total. The van der Waals surface area contributed by atoms with Crippen LogP contribution in [0.4, 0.5) is 14.5 Å². The van der Waals surface area contributed by atoms with Gasteiger partial charge in [-0.2, -0.15) is 0 Å². The zero-order valence-electron chi connectivity index (χ0n) is 17.1. The summed E-state index contributed by atoms with van der Waals surface area (Å²) in [4.78, 5) is 20.7. The summed E-state index contributed by atoms with van der Waals surface area (Å²) in [6.07, 6.45) is 1.42. The van der Waals surface area contributed by atoms with Crippen LogP contribution in [0.1, 0.15) is 36.3 Å². The van der Waals surface area contributed by atoms with E-state index < -0.39 is 22.9 Å². The number of halogens is 3. The Balaban J connectivity index is 0.00000132. The highest BCUT2D eigenvalue weighted by Gasteiger charge is 2.59. The number of amides is 1. The number of anilines is 1. The molecule has 166 valence electrons. The van der Waals surface area contributed by atoms with Gasteiger partial charge in [0.15, 0.2) is 10.8 Å². The molecule has 1 fully saturated rings. The molecule has 4 rings (SSSR count). The summed E-state index contributed by atoms with van der Waals surface area (Å²) in [5.74, 6) is -1.11. The summed E-state index contributed by atoms with van der Waals surface area (Å²) >= 11 is 6.88. The summed E-state index contributed by atoms with van der Waals surface area (Å²) in [5.41, 5.74) is 2.83. The molecule has 1 aromatic heterocycles. The maximum Gasteiger partial charge on any atom is 0.274 e. The van der Waals surface area contributed by atoms with Crippen LogP contribution in [0.2, 0.25) is 5.02 Å². The van der Waals surface area contributed by atoms with E-state index in [4.69, 9.17) is 22.1 Å². The van der Waals surface area contributed by atoms with Crippen LogP contribution in [0.5, 0.6) is 0 Å². The van der Waals surface area contributed by atoms with E-state index in [2.05, 4.69) is 15.3 Å². The molecule has 1 saturated heterocycles. The SMILES string of the molecule is CC.NC1=N[C@@]2(c3cc(NC(=O)c4ccc(Cl)cn4)ccc3F)COCC[C@@]2(F)CS1. The van der Waals surface area contributed by atoms with Gasteiger partial charge >= 0.3 is 0 Å². The van der Waals surface area contributed by atoms with Gasteiger partial charge in [-0.1, -0.05) is 37.2 Å². The number of fused-ring (bicyclic) bond motifs is 1. The van der Waals surface area contributed by atoms with E-state index >= 15 is 4.39 Å². The first-order valence-corrected chi connectivity index (χ1v) is 11.2. The lowest BCUT2D eigenvalue weighted by molar-refractivity contribution is -0.0705. The number of carbonyl (C=O) groups excluding carboxylic acids is 1. The number of hydrogen-bond donors (Lipinski definition) is 2. The maximum atomic E-state index is 15.9. The summed E-state index contributed by atoms with van der Waals surface area (Å²) in [6.45, 7) is 4.08. The van der Waals surface area contributed by atoms with Gasteiger partial charge in [-0.05, 0) is 30.3 Å². The fraction of sp³-hybridized carbons (Fsp3) is 0.381. The number of ether oxygens (including phenoxy) is 1. The summed E-state index contributed by atoms with van der Waals surface area (Å²) < 4.78 is 36.2. The number of aromatic nitrogens is 1. The van der Waals surface area contributed by atoms with E-state index in [1.54, 1.807) is 0 Å². The van der Waals surface area contributed by atoms with Gasteiger partial charge in [-0.15, -0.1) is 0 Å². The molecular formula is C21H23ClF2N4O2S. The number of pyridine rings is 1. The zero-order chi connectivity index (χ0) is 22.6. The molecule has 1 aromatic carbocycles. The Morgan fingerprint density at radius 1 is 1.32 bits per heavy atom. The van der Waals surface area contributed by atoms with Crippen molar-refractivity contribution < 1.29 is 18.3 Å². The molecule has 10 heteroatoms. The number of benzene rings is 1. The fourth-order valence-corrected chi connectivity index (χ4v) is 4.62. The predicted molar refractivity (Wildman–Crippen MR) is 120 cm³/mol. The van der Waals surface area contributed by atoms with E-state index in [0.717, 1.165) is 17.8 Å². The molecule has 2 aromatic rings. The van der Waals surface area contributed by atoms with Crippen molar-refractivity contribution in [1.29, 1.82) is 0 Å². The third-order valence-corrected chi connectivity index (χ3v) is 6.29. The van der Waals surface area contributed by atoms with Gasteiger partial charge in [0.25, 0.3) is 5.91 Å². The summed E-state index contributed by atoms with van der Waals surface area (Å²) in [7, 11) is 0. The lowest BCUT2D eigenvalue weighted by Gasteiger charge is -2.48. The highest BCUT2D eigenvalue weighted by molar-refractivity contribution is 8.13. The highest BCUT2D eigenvalue weighted by atomic mass is 35.5. The van der Waals surface area contributed by atoms with Crippen LogP contribution in [-0.4, -0.2) is 40.7 Å². The second-order valence-corrected chi connectivity index (χ2v) is 8.31. The van der Waals surface area contributed by atoms with Crippen molar-refractivity contribution in [3.63, 3.8) is 0 Å². The molecule has 0 radical (unpaired) electrons. The van der Waals surface area contributed by atoms with Gasteiger partial charge in [-0.3, -0.25) is 4.79 Å². The van der Waals surface area contributed by atoms with Gasteiger partial charge in [-0.25, -0.2) is 18.8 Å². The number of nitrogens with zero attached hydrogens (tertiary/aromatic N) is 2. The molecule has 2 aliphatic rings. The summed E-state index contributed by atoms with van der Waals surface area (Å²) in [5, 5.41) is 3.21. The molecule has 2 atom stereocenters. The van der Waals surface area contributed by atoms with Crippen molar-refractivity contribution >= 4 is 40.1 Å². The molecule has 0 bridgehead atoms. The van der Waals surface area contributed by atoms with Gasteiger partial charge in [0.1, 0.15) is 17.1 Å². The standard InChI is InChI=1S/C19H17ClF2N4O2S.C2H6/c20-11-1-4-15(24-8-11)16(27)25-12-2-3-14(21)13(7-12)19-9-28-6-5-18(19,22)10-29-17(23)26-19;1-2/h1-4,7-8H,5-6,9-10H2,(H2,23,26)(H,25,27);1-2H3/t18-,19-;/m1./s1. The molecule has 31 heavy (non-hydrogen) atoms. The first-order chi connectivity index (χ1) is 14.8. The number of rotatable bonds is 3. The molecule has 0 unspecified atom stereocenters. The van der Waals surface area contributed by atoms with E-state index in [-0.39, 0.29) is 47.5 Å². The monoisotopic (exact) mass is 468 g/mol. The van der Waals surface area contributed by atoms with Crippen molar-refractivity contribution in [1.82, 2.24) is 4.98 Å². The number of alkyl halides is 1. The quantitative estimate of drug-likeness (QED) is 0.690. The van der Waals surface area contributed by atoms with Crippen molar-refractivity contribution in [3.05, 3.63) is 58.6 Å². The Labute approximate surface area is 188 Å². The minimum atomic E-state index is -1.82. The molecule has 0 saturated carbocycles. The van der Waals surface area contributed by atoms with Crippen molar-refractivity contribution in [2.45, 2.75) is 31.5 Å². The van der Waals surface area contributed by atoms with Crippen LogP contribution in [-0.2, 0) is 10.3 Å². The third-order valence-electron chi connectivity index (χ3n) is 5.07. The van der Waals surface area contributed by atoms with E-state index in [1.165, 1.54) is 30.5 Å². The second-order valence-electron chi connectivity index (χ2n) is 6.88. The molecular weight excluding hydrogens is 446 g/mol. The minimum absolute atomic E-state index is 0.00943. The smallest absolute Gasteiger partial charge is 0.274 e. The molecule has 2 aliphatic heterocycles. The first kappa shape index (κ1) is 23.4. The van der Waals surface area contributed by atoms with Crippen LogP contribution in [0.3, 0.4) is 0 Å². The van der Waals surface area contributed by atoms with Crippen molar-refractivity contribution in [2.24, 2.45) is 10.7 Å². The Morgan fingerprint density at radius 3 is 2.81 bits per heavy atom. The summed E-state index contributed by atoms with van der Waals surface area (Å²) in [6, 6.07) is 6.92. The molecule has 3 N–H and O–H groups in total. The van der Waals surface area contributed by atoms with Gasteiger partial charge in [0, 0.05) is 36.2 Å². The largest absolute Gasteiger partial charge is 0.379 e. The number of thioether (sulfide) groups is 1. The third kappa shape index (κ3) is 4.53. The normalized spacial score (nSPS) is 24.9. The van der Waals surface area contributed by atoms with E-state index in [9.17, 15) is 9.18 Å². The van der Waals surface area contributed by atoms with Crippen LogP contribution >= 0.6 is 23.4 Å². The number of nitrogens with two attached hydrogens (primary N) is 1. The van der Waals surface area contributed by atoms with Crippen LogP contribution in [0.25, 0.3) is 0 Å². The van der Waals surface area contributed by atoms with Gasteiger partial charge in [0.2, 0.25) is 0 Å².